The van der Waals surface area contributed by atoms with Crippen LogP contribution in [-0.2, 0) is 6.18 Å². The Morgan fingerprint density at radius 3 is 2.40 bits per heavy atom. The lowest BCUT2D eigenvalue weighted by Crippen LogP contribution is -2.20. The first-order chi connectivity index (χ1) is 11.8. The van der Waals surface area contributed by atoms with Gasteiger partial charge in [-0.05, 0) is 49.9 Å². The molecule has 0 atom stereocenters. The summed E-state index contributed by atoms with van der Waals surface area (Å²) in [5, 5.41) is 0. The van der Waals surface area contributed by atoms with E-state index in [2.05, 4.69) is 25.9 Å². The van der Waals surface area contributed by atoms with Crippen molar-refractivity contribution in [1.82, 2.24) is 9.97 Å². The zero-order valence-corrected chi connectivity index (χ0v) is 15.1. The van der Waals surface area contributed by atoms with Crippen LogP contribution in [0.15, 0.2) is 34.9 Å². The number of ether oxygens (including phenoxy) is 1. The van der Waals surface area contributed by atoms with E-state index in [1.54, 1.807) is 11.9 Å². The van der Waals surface area contributed by atoms with E-state index in [-0.39, 0.29) is 12.1 Å². The zero-order valence-electron chi connectivity index (χ0n) is 13.6. The van der Waals surface area contributed by atoms with Crippen LogP contribution in [0.25, 0.3) is 0 Å². The van der Waals surface area contributed by atoms with Crippen molar-refractivity contribution < 1.29 is 17.9 Å². The lowest BCUT2D eigenvalue weighted by molar-refractivity contribution is -0.139. The molecule has 0 amide bonds. The molecule has 25 heavy (non-hydrogen) atoms. The first kappa shape index (κ1) is 18.0. The quantitative estimate of drug-likeness (QED) is 0.674. The smallest absolute Gasteiger partial charge is 0.423 e. The summed E-state index contributed by atoms with van der Waals surface area (Å²) in [6.45, 7) is 0. The fourth-order valence-electron chi connectivity index (χ4n) is 2.75. The first-order valence-electron chi connectivity index (χ1n) is 7.95. The Morgan fingerprint density at radius 2 is 1.80 bits per heavy atom. The van der Waals surface area contributed by atoms with Gasteiger partial charge >= 0.3 is 6.18 Å². The van der Waals surface area contributed by atoms with Gasteiger partial charge in [-0.15, -0.1) is 0 Å². The van der Waals surface area contributed by atoms with Crippen molar-refractivity contribution in [3.8, 4) is 5.88 Å². The van der Waals surface area contributed by atoms with Crippen LogP contribution in [0.2, 0.25) is 0 Å². The Kier molecular flexibility index (Phi) is 5.17. The van der Waals surface area contributed by atoms with Crippen LogP contribution < -0.4 is 9.64 Å². The van der Waals surface area contributed by atoms with Crippen LogP contribution in [0, 0.1) is 0 Å². The molecule has 0 saturated heterocycles. The molecule has 1 saturated carbocycles. The second kappa shape index (κ2) is 7.19. The normalized spacial score (nSPS) is 15.4. The van der Waals surface area contributed by atoms with Gasteiger partial charge in [-0.1, -0.05) is 15.9 Å². The number of hydrogen-bond donors (Lipinski definition) is 0. The molecule has 0 N–H and O–H groups in total. The standard InChI is InChI=1S/C17H17BrF3N3O/c1-24(12-8-6-11(18)7-9-12)16-22-10-14(17(19,20)21)15(23-16)25-13-4-2-3-5-13/h6-10,13H,2-5H2,1H3. The number of benzene rings is 1. The molecule has 8 heteroatoms. The predicted molar refractivity (Wildman–Crippen MR) is 92.1 cm³/mol. The van der Waals surface area contributed by atoms with Crippen LogP contribution in [0.3, 0.4) is 0 Å². The number of anilines is 2. The Hall–Kier alpha value is -1.83. The van der Waals surface area contributed by atoms with Crippen molar-refractivity contribution in [1.29, 1.82) is 0 Å². The summed E-state index contributed by atoms with van der Waals surface area (Å²) >= 11 is 3.35. The molecule has 0 bridgehead atoms. The second-order valence-corrected chi connectivity index (χ2v) is 6.86. The SMILES string of the molecule is CN(c1ccc(Br)cc1)c1ncc(C(F)(F)F)c(OC2CCCC2)n1. The molecule has 0 aliphatic heterocycles. The predicted octanol–water partition coefficient (Wildman–Crippen LogP) is 5.35. The maximum Gasteiger partial charge on any atom is 0.423 e. The van der Waals surface area contributed by atoms with Crippen molar-refractivity contribution in [3.63, 3.8) is 0 Å². The summed E-state index contributed by atoms with van der Waals surface area (Å²) in [5.74, 6) is -0.239. The Balaban J connectivity index is 1.93. The molecule has 2 aromatic rings. The summed E-state index contributed by atoms with van der Waals surface area (Å²) in [6, 6.07) is 7.32. The molecule has 0 spiro atoms. The topological polar surface area (TPSA) is 38.2 Å². The van der Waals surface area contributed by atoms with E-state index in [1.807, 2.05) is 24.3 Å². The number of rotatable bonds is 4. The first-order valence-corrected chi connectivity index (χ1v) is 8.74. The fraction of sp³-hybridized carbons (Fsp3) is 0.412. The number of nitrogens with zero attached hydrogens (tertiary/aromatic N) is 3. The van der Waals surface area contributed by atoms with E-state index in [1.165, 1.54) is 0 Å². The molecule has 1 aromatic carbocycles. The minimum Gasteiger partial charge on any atom is -0.474 e. The van der Waals surface area contributed by atoms with Crippen LogP contribution in [0.5, 0.6) is 5.88 Å². The minimum absolute atomic E-state index is 0.156. The Labute approximate surface area is 152 Å². The summed E-state index contributed by atoms with van der Waals surface area (Å²) in [4.78, 5) is 9.56. The van der Waals surface area contributed by atoms with Crippen LogP contribution in [-0.4, -0.2) is 23.1 Å². The highest BCUT2D eigenvalue weighted by Crippen LogP contribution is 2.37. The summed E-state index contributed by atoms with van der Waals surface area (Å²) in [5.41, 5.74) is -0.179. The third-order valence-corrected chi connectivity index (χ3v) is 4.67. The van der Waals surface area contributed by atoms with E-state index in [0.29, 0.717) is 0 Å². The molecule has 3 rings (SSSR count). The van der Waals surface area contributed by atoms with Gasteiger partial charge in [0.2, 0.25) is 11.8 Å². The molecular weight excluding hydrogens is 399 g/mol. The van der Waals surface area contributed by atoms with Gasteiger partial charge < -0.3 is 9.64 Å². The highest BCUT2D eigenvalue weighted by Gasteiger charge is 2.37. The monoisotopic (exact) mass is 415 g/mol. The van der Waals surface area contributed by atoms with Crippen LogP contribution in [0.4, 0.5) is 24.8 Å². The summed E-state index contributed by atoms with van der Waals surface area (Å²) in [6.07, 6.45) is -0.559. The molecule has 1 aliphatic rings. The third-order valence-electron chi connectivity index (χ3n) is 4.14. The van der Waals surface area contributed by atoms with E-state index in [0.717, 1.165) is 42.0 Å². The molecule has 1 aliphatic carbocycles. The number of aromatic nitrogens is 2. The van der Waals surface area contributed by atoms with Gasteiger partial charge in [0.25, 0.3) is 0 Å². The van der Waals surface area contributed by atoms with Crippen molar-refractivity contribution in [2.45, 2.75) is 38.0 Å². The van der Waals surface area contributed by atoms with E-state index in [9.17, 15) is 13.2 Å². The van der Waals surface area contributed by atoms with E-state index in [4.69, 9.17) is 4.74 Å². The van der Waals surface area contributed by atoms with E-state index < -0.39 is 17.6 Å². The number of alkyl halides is 3. The highest BCUT2D eigenvalue weighted by molar-refractivity contribution is 9.10. The van der Waals surface area contributed by atoms with Gasteiger partial charge in [-0.3, -0.25) is 0 Å². The second-order valence-electron chi connectivity index (χ2n) is 5.95. The Morgan fingerprint density at radius 1 is 1.16 bits per heavy atom. The Bertz CT molecular complexity index is 731. The van der Waals surface area contributed by atoms with Crippen molar-refractivity contribution >= 4 is 27.6 Å². The number of halogens is 4. The van der Waals surface area contributed by atoms with Gasteiger partial charge in [-0.2, -0.15) is 18.2 Å². The van der Waals surface area contributed by atoms with Gasteiger partial charge in [0.05, 0.1) is 0 Å². The molecule has 4 nitrogen and oxygen atoms in total. The summed E-state index contributed by atoms with van der Waals surface area (Å²) in [7, 11) is 1.70. The lowest BCUT2D eigenvalue weighted by atomic mass is 10.3. The molecule has 0 radical (unpaired) electrons. The van der Waals surface area contributed by atoms with Crippen molar-refractivity contribution in [3.05, 3.63) is 40.5 Å². The number of hydrogen-bond acceptors (Lipinski definition) is 4. The van der Waals surface area contributed by atoms with Crippen LogP contribution in [0.1, 0.15) is 31.2 Å². The maximum atomic E-state index is 13.2. The van der Waals surface area contributed by atoms with Crippen molar-refractivity contribution in [2.24, 2.45) is 0 Å². The average Bonchev–Trinajstić information content (AvgIpc) is 3.07. The van der Waals surface area contributed by atoms with E-state index >= 15 is 0 Å². The molecule has 0 unspecified atom stereocenters. The van der Waals surface area contributed by atoms with Gasteiger partial charge in [0, 0.05) is 23.4 Å². The van der Waals surface area contributed by atoms with Gasteiger partial charge in [0.15, 0.2) is 0 Å². The molecule has 1 heterocycles. The zero-order chi connectivity index (χ0) is 18.0. The molecule has 134 valence electrons. The molecule has 1 aromatic heterocycles. The summed E-state index contributed by atoms with van der Waals surface area (Å²) < 4.78 is 46.2. The maximum absolute atomic E-state index is 13.2. The highest BCUT2D eigenvalue weighted by atomic mass is 79.9. The third kappa shape index (κ3) is 4.23. The minimum atomic E-state index is -4.55. The van der Waals surface area contributed by atoms with Crippen molar-refractivity contribution in [2.75, 3.05) is 11.9 Å². The van der Waals surface area contributed by atoms with Crippen LogP contribution >= 0.6 is 15.9 Å². The fourth-order valence-corrected chi connectivity index (χ4v) is 3.01. The van der Waals surface area contributed by atoms with Gasteiger partial charge in [-0.25, -0.2) is 4.98 Å². The average molecular weight is 416 g/mol. The molecule has 1 fully saturated rings. The molecular formula is C17H17BrF3N3O. The largest absolute Gasteiger partial charge is 0.474 e. The lowest BCUT2D eigenvalue weighted by Gasteiger charge is -2.21. The van der Waals surface area contributed by atoms with Gasteiger partial charge in [0.1, 0.15) is 11.7 Å².